The van der Waals surface area contributed by atoms with Crippen molar-refractivity contribution in [3.63, 3.8) is 0 Å². The molecule has 0 atom stereocenters. The van der Waals surface area contributed by atoms with Gasteiger partial charge in [0.05, 0.1) is 0 Å². The second-order valence-electron chi connectivity index (χ2n) is 4.52. The lowest BCUT2D eigenvalue weighted by Crippen LogP contribution is -2.25. The van der Waals surface area contributed by atoms with Gasteiger partial charge in [-0.3, -0.25) is 5.43 Å². The van der Waals surface area contributed by atoms with Crippen molar-refractivity contribution in [1.82, 2.24) is 5.43 Å². The molecule has 0 heterocycles. The van der Waals surface area contributed by atoms with E-state index in [9.17, 15) is 0 Å². The second-order valence-corrected chi connectivity index (χ2v) is 4.93. The Balaban J connectivity index is 1.82. The number of thiocarbonyl (C=S) groups is 1. The van der Waals surface area contributed by atoms with Gasteiger partial charge in [-0.2, -0.15) is 5.10 Å². The molecule has 1 saturated carbocycles. The van der Waals surface area contributed by atoms with Crippen molar-refractivity contribution >= 4 is 28.7 Å². The Morgan fingerprint density at radius 2 is 1.67 bits per heavy atom. The zero-order chi connectivity index (χ0) is 12.6. The van der Waals surface area contributed by atoms with Crippen LogP contribution in [-0.2, 0) is 0 Å². The minimum absolute atomic E-state index is 0.554. The second kappa shape index (κ2) is 7.11. The predicted octanol–water partition coefficient (Wildman–Crippen LogP) is 3.68. The van der Waals surface area contributed by atoms with Crippen molar-refractivity contribution in [3.8, 4) is 0 Å². The van der Waals surface area contributed by atoms with Gasteiger partial charge in [-0.1, -0.05) is 31.0 Å². The van der Waals surface area contributed by atoms with Crippen LogP contribution in [0.15, 0.2) is 35.4 Å². The van der Waals surface area contributed by atoms with Crippen LogP contribution in [0.5, 0.6) is 0 Å². The normalized spacial score (nSPS) is 15.7. The van der Waals surface area contributed by atoms with E-state index < -0.39 is 0 Å². The Kier molecular flexibility index (Phi) is 5.15. The Morgan fingerprint density at radius 3 is 2.33 bits per heavy atom. The Labute approximate surface area is 114 Å². The molecule has 0 aliphatic heterocycles. The molecule has 0 saturated heterocycles. The van der Waals surface area contributed by atoms with Crippen LogP contribution in [0.1, 0.15) is 38.5 Å². The molecule has 1 aliphatic rings. The third kappa shape index (κ3) is 4.45. The zero-order valence-corrected chi connectivity index (χ0v) is 11.3. The molecule has 0 unspecified atom stereocenters. The molecule has 0 bridgehead atoms. The number of rotatable bonds is 2. The van der Waals surface area contributed by atoms with Crippen molar-refractivity contribution in [2.45, 2.75) is 38.5 Å². The Hall–Kier alpha value is -1.42. The Bertz CT molecular complexity index is 404. The topological polar surface area (TPSA) is 36.4 Å². The number of hydrogen-bond donors (Lipinski definition) is 2. The number of nitrogens with one attached hydrogen (secondary N) is 2. The molecule has 3 nitrogen and oxygen atoms in total. The molecule has 1 aromatic carbocycles. The monoisotopic (exact) mass is 261 g/mol. The molecule has 1 fully saturated rings. The van der Waals surface area contributed by atoms with Crippen molar-refractivity contribution in [1.29, 1.82) is 0 Å². The molecular weight excluding hydrogens is 242 g/mol. The van der Waals surface area contributed by atoms with Gasteiger partial charge in [-0.25, -0.2) is 0 Å². The zero-order valence-electron chi connectivity index (χ0n) is 10.5. The van der Waals surface area contributed by atoms with Gasteiger partial charge in [0.15, 0.2) is 5.11 Å². The van der Waals surface area contributed by atoms with Gasteiger partial charge in [0, 0.05) is 11.4 Å². The predicted molar refractivity (Wildman–Crippen MR) is 80.9 cm³/mol. The first-order valence-electron chi connectivity index (χ1n) is 6.52. The van der Waals surface area contributed by atoms with Crippen LogP contribution >= 0.6 is 12.2 Å². The minimum Gasteiger partial charge on any atom is -0.331 e. The molecule has 0 aromatic heterocycles. The van der Waals surface area contributed by atoms with E-state index in [1.54, 1.807) is 0 Å². The fraction of sp³-hybridized carbons (Fsp3) is 0.429. The summed E-state index contributed by atoms with van der Waals surface area (Å²) in [4.78, 5) is 0. The molecule has 4 heteroatoms. The highest BCUT2D eigenvalue weighted by Crippen LogP contribution is 2.14. The molecule has 96 valence electrons. The van der Waals surface area contributed by atoms with Crippen LogP contribution in [0.3, 0.4) is 0 Å². The minimum atomic E-state index is 0.554. The van der Waals surface area contributed by atoms with Gasteiger partial charge in [-0.15, -0.1) is 0 Å². The van der Waals surface area contributed by atoms with Gasteiger partial charge in [0.2, 0.25) is 0 Å². The number of benzene rings is 1. The van der Waals surface area contributed by atoms with E-state index in [4.69, 9.17) is 12.2 Å². The fourth-order valence-corrected chi connectivity index (χ4v) is 2.22. The molecule has 0 radical (unpaired) electrons. The lowest BCUT2D eigenvalue weighted by atomic mass is 10.2. The highest BCUT2D eigenvalue weighted by Gasteiger charge is 2.05. The molecule has 1 aliphatic carbocycles. The fourth-order valence-electron chi connectivity index (χ4n) is 2.06. The third-order valence-corrected chi connectivity index (χ3v) is 3.22. The average molecular weight is 261 g/mol. The maximum absolute atomic E-state index is 5.21. The molecule has 2 rings (SSSR count). The summed E-state index contributed by atoms with van der Waals surface area (Å²) in [5.41, 5.74) is 5.16. The van der Waals surface area contributed by atoms with E-state index in [1.807, 2.05) is 30.3 Å². The maximum atomic E-state index is 5.21. The van der Waals surface area contributed by atoms with Crippen LogP contribution in [0, 0.1) is 0 Å². The standard InChI is InChI=1S/C14H19N3S/c18-14(15-12-8-6-3-7-9-12)17-16-13-10-4-1-2-5-11-13/h3,6-9H,1-2,4-5,10-11H2,(H2,15,17,18). The van der Waals surface area contributed by atoms with Crippen LogP contribution in [0.4, 0.5) is 5.69 Å². The highest BCUT2D eigenvalue weighted by atomic mass is 32.1. The number of hydrazone groups is 1. The molecular formula is C14H19N3S. The molecule has 2 N–H and O–H groups in total. The van der Waals surface area contributed by atoms with E-state index in [-0.39, 0.29) is 0 Å². The molecule has 0 spiro atoms. The summed E-state index contributed by atoms with van der Waals surface area (Å²) in [6.45, 7) is 0. The summed E-state index contributed by atoms with van der Waals surface area (Å²) in [6, 6.07) is 9.89. The smallest absolute Gasteiger partial charge is 0.191 e. The summed E-state index contributed by atoms with van der Waals surface area (Å²) in [7, 11) is 0. The van der Waals surface area contributed by atoms with Gasteiger partial charge < -0.3 is 5.32 Å². The van der Waals surface area contributed by atoms with Crippen LogP contribution < -0.4 is 10.7 Å². The van der Waals surface area contributed by atoms with Crippen molar-refractivity contribution in [2.75, 3.05) is 5.32 Å². The number of anilines is 1. The van der Waals surface area contributed by atoms with E-state index in [2.05, 4.69) is 15.8 Å². The lowest BCUT2D eigenvalue weighted by molar-refractivity contribution is 0.702. The van der Waals surface area contributed by atoms with Gasteiger partial charge in [-0.05, 0) is 50.0 Å². The van der Waals surface area contributed by atoms with Crippen molar-refractivity contribution < 1.29 is 0 Å². The highest BCUT2D eigenvalue weighted by molar-refractivity contribution is 7.80. The van der Waals surface area contributed by atoms with Gasteiger partial charge in [0.25, 0.3) is 0 Å². The molecule has 1 aromatic rings. The van der Waals surface area contributed by atoms with Crippen LogP contribution in [0.2, 0.25) is 0 Å². The van der Waals surface area contributed by atoms with Crippen LogP contribution in [-0.4, -0.2) is 10.8 Å². The van der Waals surface area contributed by atoms with Crippen molar-refractivity contribution in [2.24, 2.45) is 5.10 Å². The first-order chi connectivity index (χ1) is 8.84. The molecule has 18 heavy (non-hydrogen) atoms. The molecule has 0 amide bonds. The summed E-state index contributed by atoms with van der Waals surface area (Å²) in [5, 5.41) is 8.07. The first kappa shape index (κ1) is 13.0. The number of nitrogens with zero attached hydrogens (tertiary/aromatic N) is 1. The van der Waals surface area contributed by atoms with Gasteiger partial charge in [0.1, 0.15) is 0 Å². The maximum Gasteiger partial charge on any atom is 0.191 e. The quantitative estimate of drug-likeness (QED) is 0.484. The van der Waals surface area contributed by atoms with E-state index in [0.717, 1.165) is 18.5 Å². The summed E-state index contributed by atoms with van der Waals surface area (Å²) in [5.74, 6) is 0. The third-order valence-electron chi connectivity index (χ3n) is 3.03. The number of hydrogen-bond acceptors (Lipinski definition) is 2. The van der Waals surface area contributed by atoms with Crippen LogP contribution in [0.25, 0.3) is 0 Å². The summed E-state index contributed by atoms with van der Waals surface area (Å²) >= 11 is 5.21. The van der Waals surface area contributed by atoms with E-state index in [0.29, 0.717) is 5.11 Å². The van der Waals surface area contributed by atoms with E-state index in [1.165, 1.54) is 31.4 Å². The lowest BCUT2D eigenvalue weighted by Gasteiger charge is -2.08. The first-order valence-corrected chi connectivity index (χ1v) is 6.93. The summed E-state index contributed by atoms with van der Waals surface area (Å²) in [6.07, 6.45) is 7.35. The van der Waals surface area contributed by atoms with E-state index >= 15 is 0 Å². The average Bonchev–Trinajstić information content (AvgIpc) is 2.66. The number of para-hydroxylation sites is 1. The SMILES string of the molecule is S=C(NN=C1CCCCCC1)Nc1ccccc1. The Morgan fingerprint density at radius 1 is 1.00 bits per heavy atom. The van der Waals surface area contributed by atoms with Crippen molar-refractivity contribution in [3.05, 3.63) is 30.3 Å². The van der Waals surface area contributed by atoms with Gasteiger partial charge >= 0.3 is 0 Å². The largest absolute Gasteiger partial charge is 0.331 e. The summed E-state index contributed by atoms with van der Waals surface area (Å²) < 4.78 is 0.